The van der Waals surface area contributed by atoms with E-state index >= 15 is 0 Å². The van der Waals surface area contributed by atoms with Gasteiger partial charge in [-0.15, -0.1) is 0 Å². The first-order chi connectivity index (χ1) is 19.4. The minimum absolute atomic E-state index is 0.291. The number of amides is 2. The molecule has 4 aromatic carbocycles. The molecule has 9 heteroatoms. The van der Waals surface area contributed by atoms with Crippen molar-refractivity contribution in [3.8, 4) is 17.1 Å². The molecular formula is C31H28N6O3. The first kappa shape index (κ1) is 26.2. The highest BCUT2D eigenvalue weighted by Crippen LogP contribution is 2.25. The van der Waals surface area contributed by atoms with Crippen LogP contribution in [0.15, 0.2) is 96.1 Å². The van der Waals surface area contributed by atoms with Crippen molar-refractivity contribution in [3.05, 3.63) is 108 Å². The van der Waals surface area contributed by atoms with Crippen LogP contribution in [0.3, 0.4) is 0 Å². The minimum Gasteiger partial charge on any atom is -0.497 e. The second kappa shape index (κ2) is 11.5. The van der Waals surface area contributed by atoms with Crippen molar-refractivity contribution in [1.29, 1.82) is 0 Å². The molecule has 0 unspecified atom stereocenters. The van der Waals surface area contributed by atoms with E-state index in [0.29, 0.717) is 16.8 Å². The molecule has 2 amide bonds. The SMILES string of the molecule is COc1ccc(-c2nc3ccc(NC(=O)c4ccc(C(=O)NN=Cc5ccc(N(C)C)cc5)cc4)cc3[nH]2)cc1. The molecule has 0 atom stereocenters. The number of benzene rings is 4. The fourth-order valence-electron chi connectivity index (χ4n) is 4.04. The van der Waals surface area contributed by atoms with Crippen LogP contribution in [-0.4, -0.2) is 49.2 Å². The monoisotopic (exact) mass is 532 g/mol. The number of H-pyrrole nitrogens is 1. The standard InChI is InChI=1S/C31H28N6O3/c1-37(2)25-13-4-20(5-14-25)19-32-36-31(39)23-8-6-22(7-9-23)30(38)33-24-12-17-27-28(18-24)35-29(34-27)21-10-15-26(40-3)16-11-21/h4-19H,1-3H3,(H,33,38)(H,34,35)(H,36,39). The van der Waals surface area contributed by atoms with Gasteiger partial charge in [0, 0.05) is 42.2 Å². The third-order valence-corrected chi connectivity index (χ3v) is 6.30. The van der Waals surface area contributed by atoms with Crippen LogP contribution in [0.25, 0.3) is 22.4 Å². The number of fused-ring (bicyclic) bond motifs is 1. The summed E-state index contributed by atoms with van der Waals surface area (Å²) in [6.07, 6.45) is 1.58. The zero-order valence-corrected chi connectivity index (χ0v) is 22.3. The summed E-state index contributed by atoms with van der Waals surface area (Å²) < 4.78 is 5.21. The predicted octanol–water partition coefficient (Wildman–Crippen LogP) is 5.32. The quantitative estimate of drug-likeness (QED) is 0.185. The maximum atomic E-state index is 12.8. The summed E-state index contributed by atoms with van der Waals surface area (Å²) in [6.45, 7) is 0. The third kappa shape index (κ3) is 5.99. The molecule has 1 heterocycles. The summed E-state index contributed by atoms with van der Waals surface area (Å²) in [7, 11) is 5.57. The van der Waals surface area contributed by atoms with Crippen LogP contribution in [0.4, 0.5) is 11.4 Å². The lowest BCUT2D eigenvalue weighted by Gasteiger charge is -2.11. The Bertz CT molecular complexity index is 1670. The summed E-state index contributed by atoms with van der Waals surface area (Å²) in [5, 5.41) is 6.92. The third-order valence-electron chi connectivity index (χ3n) is 6.30. The van der Waals surface area contributed by atoms with E-state index in [9.17, 15) is 9.59 Å². The van der Waals surface area contributed by atoms with E-state index < -0.39 is 0 Å². The zero-order chi connectivity index (χ0) is 28.1. The van der Waals surface area contributed by atoms with E-state index in [2.05, 4.69) is 25.8 Å². The van der Waals surface area contributed by atoms with Gasteiger partial charge in [0.15, 0.2) is 0 Å². The molecule has 9 nitrogen and oxygen atoms in total. The summed E-state index contributed by atoms with van der Waals surface area (Å²) in [4.78, 5) is 35.2. The number of carbonyl (C=O) groups excluding carboxylic acids is 2. The van der Waals surface area contributed by atoms with Crippen molar-refractivity contribution >= 4 is 40.4 Å². The molecule has 1 aromatic heterocycles. The van der Waals surface area contributed by atoms with E-state index in [1.54, 1.807) is 43.7 Å². The number of carbonyl (C=O) groups is 2. The first-order valence-corrected chi connectivity index (χ1v) is 12.6. The second-order valence-corrected chi connectivity index (χ2v) is 9.26. The van der Waals surface area contributed by atoms with E-state index in [4.69, 9.17) is 4.74 Å². The van der Waals surface area contributed by atoms with Gasteiger partial charge in [-0.1, -0.05) is 12.1 Å². The fourth-order valence-corrected chi connectivity index (χ4v) is 4.04. The van der Waals surface area contributed by atoms with Gasteiger partial charge >= 0.3 is 0 Å². The Balaban J connectivity index is 1.20. The van der Waals surface area contributed by atoms with Gasteiger partial charge in [0.1, 0.15) is 11.6 Å². The Morgan fingerprint density at radius 2 is 1.55 bits per heavy atom. The maximum absolute atomic E-state index is 12.8. The maximum Gasteiger partial charge on any atom is 0.271 e. The number of methoxy groups -OCH3 is 1. The lowest BCUT2D eigenvalue weighted by atomic mass is 10.1. The van der Waals surface area contributed by atoms with E-state index in [1.165, 1.54) is 0 Å². The van der Waals surface area contributed by atoms with Gasteiger partial charge in [0.2, 0.25) is 0 Å². The van der Waals surface area contributed by atoms with E-state index in [-0.39, 0.29) is 11.8 Å². The van der Waals surface area contributed by atoms with Gasteiger partial charge < -0.3 is 19.9 Å². The van der Waals surface area contributed by atoms with Crippen molar-refractivity contribution in [2.75, 3.05) is 31.4 Å². The molecule has 0 saturated heterocycles. The number of anilines is 2. The number of ether oxygens (including phenoxy) is 1. The molecule has 0 aliphatic rings. The molecule has 0 fully saturated rings. The largest absolute Gasteiger partial charge is 0.497 e. The highest BCUT2D eigenvalue weighted by Gasteiger charge is 2.11. The average molecular weight is 533 g/mol. The van der Waals surface area contributed by atoms with E-state index in [0.717, 1.165) is 39.4 Å². The van der Waals surface area contributed by atoms with Crippen LogP contribution in [0.5, 0.6) is 5.75 Å². The van der Waals surface area contributed by atoms with Crippen LogP contribution in [0, 0.1) is 0 Å². The molecule has 0 bridgehead atoms. The Hall–Kier alpha value is -5.44. The van der Waals surface area contributed by atoms with Crippen molar-refractivity contribution in [2.45, 2.75) is 0 Å². The summed E-state index contributed by atoms with van der Waals surface area (Å²) >= 11 is 0. The molecule has 40 heavy (non-hydrogen) atoms. The zero-order valence-electron chi connectivity index (χ0n) is 22.3. The molecule has 200 valence electrons. The fraction of sp³-hybridized carbons (Fsp3) is 0.0968. The highest BCUT2D eigenvalue weighted by molar-refractivity contribution is 6.05. The number of hydrogen-bond acceptors (Lipinski definition) is 6. The molecule has 3 N–H and O–H groups in total. The number of nitrogens with zero attached hydrogens (tertiary/aromatic N) is 3. The van der Waals surface area contributed by atoms with E-state index in [1.807, 2.05) is 79.7 Å². The van der Waals surface area contributed by atoms with Crippen molar-refractivity contribution < 1.29 is 14.3 Å². The molecule has 0 aliphatic heterocycles. The summed E-state index contributed by atoms with van der Waals surface area (Å²) in [5.74, 6) is 0.835. The Labute approximate surface area is 231 Å². The molecule has 0 aliphatic carbocycles. The minimum atomic E-state index is -0.370. The smallest absolute Gasteiger partial charge is 0.271 e. The number of nitrogens with one attached hydrogen (secondary N) is 3. The lowest BCUT2D eigenvalue weighted by molar-refractivity contribution is 0.0953. The molecule has 0 saturated carbocycles. The lowest BCUT2D eigenvalue weighted by Crippen LogP contribution is -2.18. The van der Waals surface area contributed by atoms with Gasteiger partial charge in [-0.25, -0.2) is 10.4 Å². The molecule has 0 radical (unpaired) electrons. The van der Waals surface area contributed by atoms with Gasteiger partial charge in [0.25, 0.3) is 11.8 Å². The normalized spacial score (nSPS) is 11.0. The summed E-state index contributed by atoms with van der Waals surface area (Å²) in [6, 6.07) is 27.3. The van der Waals surface area contributed by atoms with Crippen molar-refractivity contribution in [2.24, 2.45) is 5.10 Å². The Kier molecular flexibility index (Phi) is 7.54. The van der Waals surface area contributed by atoms with Crippen LogP contribution >= 0.6 is 0 Å². The van der Waals surface area contributed by atoms with Crippen molar-refractivity contribution in [1.82, 2.24) is 15.4 Å². The molecule has 5 aromatic rings. The predicted molar refractivity (Wildman–Crippen MR) is 158 cm³/mol. The van der Waals surface area contributed by atoms with Gasteiger partial charge in [-0.2, -0.15) is 5.10 Å². The second-order valence-electron chi connectivity index (χ2n) is 9.26. The number of hydrazone groups is 1. The van der Waals surface area contributed by atoms with Crippen LogP contribution in [0.1, 0.15) is 26.3 Å². The highest BCUT2D eigenvalue weighted by atomic mass is 16.5. The molecule has 0 spiro atoms. The van der Waals surface area contributed by atoms with Crippen molar-refractivity contribution in [3.63, 3.8) is 0 Å². The van der Waals surface area contributed by atoms with Gasteiger partial charge in [-0.05, 0) is 84.4 Å². The molecular weight excluding hydrogens is 504 g/mol. The first-order valence-electron chi connectivity index (χ1n) is 12.6. The average Bonchev–Trinajstić information content (AvgIpc) is 3.41. The number of aromatic amines is 1. The number of hydrogen-bond donors (Lipinski definition) is 3. The van der Waals surface area contributed by atoms with Crippen LogP contribution in [0.2, 0.25) is 0 Å². The number of imidazole rings is 1. The van der Waals surface area contributed by atoms with Gasteiger partial charge in [-0.3, -0.25) is 9.59 Å². The number of aromatic nitrogens is 2. The Morgan fingerprint density at radius 1 is 0.875 bits per heavy atom. The topological polar surface area (TPSA) is 112 Å². The Morgan fingerprint density at radius 3 is 2.20 bits per heavy atom. The number of rotatable bonds is 8. The molecule has 5 rings (SSSR count). The van der Waals surface area contributed by atoms with Gasteiger partial charge in [0.05, 0.1) is 24.4 Å². The van der Waals surface area contributed by atoms with Crippen LogP contribution in [-0.2, 0) is 0 Å². The summed E-state index contributed by atoms with van der Waals surface area (Å²) in [5.41, 5.74) is 8.39. The van der Waals surface area contributed by atoms with Crippen LogP contribution < -0.4 is 20.4 Å².